The summed E-state index contributed by atoms with van der Waals surface area (Å²) < 4.78 is 17.1. The first kappa shape index (κ1) is 13.7. The Morgan fingerprint density at radius 1 is 1.33 bits per heavy atom. The lowest BCUT2D eigenvalue weighted by molar-refractivity contribution is 0.607. The van der Waals surface area contributed by atoms with Gasteiger partial charge >= 0.3 is 0 Å². The number of aryl methyl sites for hydroxylation is 1. The van der Waals surface area contributed by atoms with Crippen molar-refractivity contribution in [2.45, 2.75) is 13.0 Å². The summed E-state index contributed by atoms with van der Waals surface area (Å²) >= 11 is 6.03. The van der Waals surface area contributed by atoms with E-state index in [0.29, 0.717) is 28.8 Å². The van der Waals surface area contributed by atoms with E-state index in [2.05, 4.69) is 20.2 Å². The van der Waals surface area contributed by atoms with Crippen molar-refractivity contribution in [3.8, 4) is 0 Å². The second-order valence-corrected chi connectivity index (χ2v) is 4.95. The lowest BCUT2D eigenvalue weighted by Gasteiger charge is -2.04. The maximum atomic E-state index is 13.8. The second kappa shape index (κ2) is 5.61. The van der Waals surface area contributed by atoms with Gasteiger partial charge in [0, 0.05) is 24.1 Å². The Bertz CT molecular complexity index is 732. The molecule has 0 amide bonds. The Morgan fingerprint density at radius 3 is 2.90 bits per heavy atom. The van der Waals surface area contributed by atoms with E-state index in [-0.39, 0.29) is 12.2 Å². The van der Waals surface area contributed by atoms with Gasteiger partial charge in [0.15, 0.2) is 5.82 Å². The zero-order valence-corrected chi connectivity index (χ0v) is 12.0. The Morgan fingerprint density at radius 2 is 2.19 bits per heavy atom. The largest absolute Gasteiger partial charge is 0.252 e. The average molecular weight is 307 g/mol. The molecule has 0 aliphatic carbocycles. The van der Waals surface area contributed by atoms with Crippen molar-refractivity contribution in [1.29, 1.82) is 0 Å². The number of halogens is 2. The topological polar surface area (TPSA) is 61.4 Å². The van der Waals surface area contributed by atoms with E-state index in [4.69, 9.17) is 11.6 Å². The van der Waals surface area contributed by atoms with Crippen molar-refractivity contribution in [2.24, 2.45) is 7.05 Å². The zero-order chi connectivity index (χ0) is 14.8. The van der Waals surface area contributed by atoms with E-state index in [1.165, 1.54) is 12.4 Å². The van der Waals surface area contributed by atoms with Gasteiger partial charge in [0.2, 0.25) is 0 Å². The van der Waals surface area contributed by atoms with E-state index in [0.717, 1.165) is 0 Å². The highest BCUT2D eigenvalue weighted by Crippen LogP contribution is 2.21. The van der Waals surface area contributed by atoms with Crippen molar-refractivity contribution in [3.63, 3.8) is 0 Å². The van der Waals surface area contributed by atoms with E-state index < -0.39 is 0 Å². The summed E-state index contributed by atoms with van der Waals surface area (Å²) in [7, 11) is 1.77. The quantitative estimate of drug-likeness (QED) is 0.738. The van der Waals surface area contributed by atoms with Gasteiger partial charge in [0.25, 0.3) is 0 Å². The lowest BCUT2D eigenvalue weighted by Crippen LogP contribution is -2.02. The predicted molar refractivity (Wildman–Crippen MR) is 74.3 cm³/mol. The molecule has 0 aliphatic rings. The van der Waals surface area contributed by atoms with Crippen molar-refractivity contribution in [3.05, 3.63) is 58.9 Å². The van der Waals surface area contributed by atoms with Gasteiger partial charge in [-0.15, -0.1) is 0 Å². The van der Waals surface area contributed by atoms with Crippen LogP contribution in [0.5, 0.6) is 0 Å². The number of aromatic nitrogens is 6. The average Bonchev–Trinajstić information content (AvgIpc) is 3.05. The minimum absolute atomic E-state index is 0.284. The van der Waals surface area contributed by atoms with Crippen molar-refractivity contribution in [1.82, 2.24) is 29.5 Å². The molecule has 0 unspecified atom stereocenters. The molecule has 3 rings (SSSR count). The number of hydrogen-bond acceptors (Lipinski definition) is 4. The summed E-state index contributed by atoms with van der Waals surface area (Å²) in [6.07, 6.45) is 3.32. The molecule has 1 aromatic carbocycles. The number of hydrogen-bond donors (Lipinski definition) is 0. The van der Waals surface area contributed by atoms with E-state index in [1.807, 2.05) is 0 Å². The van der Waals surface area contributed by atoms with Crippen molar-refractivity contribution >= 4 is 11.6 Å². The fourth-order valence-corrected chi connectivity index (χ4v) is 2.24. The second-order valence-electron chi connectivity index (χ2n) is 4.54. The third kappa shape index (κ3) is 2.92. The standard InChI is InChI=1S/C13H12ClFN6/c1-20-13(5-9-10(14)3-2-4-11(9)15)18-12(19-20)6-21-8-16-7-17-21/h2-4,7-8H,5-6H2,1H3. The molecule has 0 atom stereocenters. The molecule has 0 bridgehead atoms. The molecule has 2 aromatic heterocycles. The summed E-state index contributed by atoms with van der Waals surface area (Å²) in [5, 5.41) is 8.68. The van der Waals surface area contributed by atoms with Crippen LogP contribution in [0.25, 0.3) is 0 Å². The van der Waals surface area contributed by atoms with Gasteiger partial charge in [-0.05, 0) is 12.1 Å². The molecule has 108 valence electrons. The van der Waals surface area contributed by atoms with E-state index in [1.54, 1.807) is 34.9 Å². The van der Waals surface area contributed by atoms with E-state index >= 15 is 0 Å². The molecule has 0 saturated heterocycles. The Kier molecular flexibility index (Phi) is 3.66. The van der Waals surface area contributed by atoms with Gasteiger partial charge in [-0.1, -0.05) is 17.7 Å². The van der Waals surface area contributed by atoms with Gasteiger partial charge in [0.1, 0.15) is 30.8 Å². The van der Waals surface area contributed by atoms with E-state index in [9.17, 15) is 4.39 Å². The predicted octanol–water partition coefficient (Wildman–Crippen LogP) is 1.84. The van der Waals surface area contributed by atoms with Crippen LogP contribution in [-0.2, 0) is 20.0 Å². The van der Waals surface area contributed by atoms with Crippen LogP contribution in [0, 0.1) is 5.82 Å². The maximum absolute atomic E-state index is 13.8. The maximum Gasteiger partial charge on any atom is 0.172 e. The highest BCUT2D eigenvalue weighted by molar-refractivity contribution is 6.31. The first-order chi connectivity index (χ1) is 10.1. The third-order valence-electron chi connectivity index (χ3n) is 3.06. The SMILES string of the molecule is Cn1nc(Cn2cncn2)nc1Cc1c(F)cccc1Cl. The summed E-state index contributed by atoms with van der Waals surface area (Å²) in [6.45, 7) is 0.416. The molecule has 0 radical (unpaired) electrons. The van der Waals surface area contributed by atoms with Gasteiger partial charge in [0.05, 0.1) is 0 Å². The number of rotatable bonds is 4. The summed E-state index contributed by atoms with van der Waals surface area (Å²) in [5.41, 5.74) is 0.418. The smallest absolute Gasteiger partial charge is 0.172 e. The Balaban J connectivity index is 1.85. The van der Waals surface area contributed by atoms with Crippen LogP contribution >= 0.6 is 11.6 Å². The molecule has 0 N–H and O–H groups in total. The number of benzene rings is 1. The zero-order valence-electron chi connectivity index (χ0n) is 11.2. The molecule has 2 heterocycles. The fraction of sp³-hybridized carbons (Fsp3) is 0.231. The van der Waals surface area contributed by atoms with Crippen molar-refractivity contribution in [2.75, 3.05) is 0 Å². The normalized spacial score (nSPS) is 11.0. The first-order valence-electron chi connectivity index (χ1n) is 6.27. The lowest BCUT2D eigenvalue weighted by atomic mass is 10.1. The summed E-state index contributed by atoms with van der Waals surface area (Å²) in [6, 6.07) is 4.62. The molecule has 0 aliphatic heterocycles. The highest BCUT2D eigenvalue weighted by Gasteiger charge is 2.13. The highest BCUT2D eigenvalue weighted by atomic mass is 35.5. The minimum atomic E-state index is -0.344. The van der Waals surface area contributed by atoms with Gasteiger partial charge in [-0.2, -0.15) is 10.2 Å². The molecule has 8 heteroatoms. The molecule has 3 aromatic rings. The molecule has 21 heavy (non-hydrogen) atoms. The summed E-state index contributed by atoms with van der Waals surface area (Å²) in [5.74, 6) is 0.880. The molecule has 0 fully saturated rings. The monoisotopic (exact) mass is 306 g/mol. The van der Waals surface area contributed by atoms with Crippen LogP contribution in [0.1, 0.15) is 17.2 Å². The van der Waals surface area contributed by atoms with Crippen LogP contribution in [0.2, 0.25) is 5.02 Å². The van der Waals surface area contributed by atoms with Crippen LogP contribution < -0.4 is 0 Å². The van der Waals surface area contributed by atoms with Crippen LogP contribution in [0.15, 0.2) is 30.9 Å². The minimum Gasteiger partial charge on any atom is -0.252 e. The van der Waals surface area contributed by atoms with Gasteiger partial charge < -0.3 is 0 Å². The Hall–Kier alpha value is -2.28. The van der Waals surface area contributed by atoms with Gasteiger partial charge in [-0.25, -0.2) is 19.0 Å². The van der Waals surface area contributed by atoms with Crippen molar-refractivity contribution < 1.29 is 4.39 Å². The first-order valence-corrected chi connectivity index (χ1v) is 6.65. The molecule has 6 nitrogen and oxygen atoms in total. The van der Waals surface area contributed by atoms with Crippen LogP contribution in [0.4, 0.5) is 4.39 Å². The molecule has 0 spiro atoms. The van der Waals surface area contributed by atoms with Crippen LogP contribution in [0.3, 0.4) is 0 Å². The molecule has 0 saturated carbocycles. The Labute approximate surface area is 125 Å². The third-order valence-corrected chi connectivity index (χ3v) is 3.42. The molecular formula is C13H12ClFN6. The summed E-state index contributed by atoms with van der Waals surface area (Å²) in [4.78, 5) is 8.26. The molecular weight excluding hydrogens is 295 g/mol. The fourth-order valence-electron chi connectivity index (χ4n) is 2.01. The number of nitrogens with zero attached hydrogens (tertiary/aromatic N) is 6. The van der Waals surface area contributed by atoms with Gasteiger partial charge in [-0.3, -0.25) is 4.68 Å². The van der Waals surface area contributed by atoms with Crippen LogP contribution in [-0.4, -0.2) is 29.5 Å².